The van der Waals surface area contributed by atoms with Gasteiger partial charge in [-0.1, -0.05) is 0 Å². The van der Waals surface area contributed by atoms with E-state index in [1.54, 1.807) is 18.2 Å². The quantitative estimate of drug-likeness (QED) is 0.630. The van der Waals surface area contributed by atoms with E-state index in [-0.39, 0.29) is 18.3 Å². The highest BCUT2D eigenvalue weighted by atomic mass is 19.3. The van der Waals surface area contributed by atoms with Crippen LogP contribution in [0, 0.1) is 0 Å². The first-order valence-corrected chi connectivity index (χ1v) is 7.42. The van der Waals surface area contributed by atoms with Crippen LogP contribution < -0.4 is 24.4 Å². The van der Waals surface area contributed by atoms with E-state index in [1.807, 2.05) is 0 Å². The summed E-state index contributed by atoms with van der Waals surface area (Å²) >= 11 is 0. The molecule has 7 nitrogen and oxygen atoms in total. The van der Waals surface area contributed by atoms with Gasteiger partial charge in [-0.3, -0.25) is 4.79 Å². The minimum atomic E-state index is -2.95. The van der Waals surface area contributed by atoms with E-state index < -0.39 is 12.5 Å². The van der Waals surface area contributed by atoms with Crippen molar-refractivity contribution in [2.24, 2.45) is 5.10 Å². The number of hydrogen-bond acceptors (Lipinski definition) is 6. The van der Waals surface area contributed by atoms with Crippen LogP contribution in [0.15, 0.2) is 41.5 Å². The molecule has 0 spiro atoms. The van der Waals surface area contributed by atoms with E-state index in [2.05, 4.69) is 15.3 Å². The van der Waals surface area contributed by atoms with Crippen molar-refractivity contribution in [3.63, 3.8) is 0 Å². The van der Waals surface area contributed by atoms with Crippen LogP contribution in [0.3, 0.4) is 0 Å². The minimum Gasteiger partial charge on any atom is -0.493 e. The van der Waals surface area contributed by atoms with Crippen molar-refractivity contribution in [2.45, 2.75) is 6.61 Å². The maximum atomic E-state index is 12.3. The molecule has 2 aromatic carbocycles. The number of benzene rings is 2. The van der Waals surface area contributed by atoms with Gasteiger partial charge in [0.1, 0.15) is 0 Å². The predicted octanol–water partition coefficient (Wildman–Crippen LogP) is 2.79. The summed E-state index contributed by atoms with van der Waals surface area (Å²) in [5.41, 5.74) is 3.24. The van der Waals surface area contributed by atoms with Gasteiger partial charge in [0.25, 0.3) is 5.91 Å². The molecule has 0 saturated heterocycles. The third kappa shape index (κ3) is 4.00. The number of nitrogens with zero attached hydrogens (tertiary/aromatic N) is 1. The summed E-state index contributed by atoms with van der Waals surface area (Å²) < 4.78 is 44.3. The number of hydrogen-bond donors (Lipinski definition) is 1. The summed E-state index contributed by atoms with van der Waals surface area (Å²) in [7, 11) is 1.33. The number of ether oxygens (including phenoxy) is 4. The van der Waals surface area contributed by atoms with Gasteiger partial charge in [0.05, 0.1) is 13.3 Å². The number of methoxy groups -OCH3 is 1. The number of rotatable bonds is 6. The summed E-state index contributed by atoms with van der Waals surface area (Å²) in [6.45, 7) is -2.84. The van der Waals surface area contributed by atoms with Gasteiger partial charge in [-0.05, 0) is 42.0 Å². The Bertz CT molecular complexity index is 842. The summed E-state index contributed by atoms with van der Waals surface area (Å²) in [6, 6.07) is 9.04. The summed E-state index contributed by atoms with van der Waals surface area (Å²) in [5.74, 6) is 0.647. The van der Waals surface area contributed by atoms with Gasteiger partial charge < -0.3 is 18.9 Å². The van der Waals surface area contributed by atoms with Crippen LogP contribution >= 0.6 is 0 Å². The second-order valence-electron chi connectivity index (χ2n) is 5.06. The average Bonchev–Trinajstić information content (AvgIpc) is 3.10. The van der Waals surface area contributed by atoms with Crippen molar-refractivity contribution in [3.8, 4) is 23.0 Å². The number of carbonyl (C=O) groups excluding carboxylic acids is 1. The molecule has 0 unspecified atom stereocenters. The first kappa shape index (κ1) is 17.5. The van der Waals surface area contributed by atoms with Crippen LogP contribution in [0.1, 0.15) is 15.9 Å². The number of halogens is 2. The number of nitrogens with one attached hydrogen (secondary N) is 1. The Kier molecular flexibility index (Phi) is 5.16. The van der Waals surface area contributed by atoms with Crippen molar-refractivity contribution in [1.82, 2.24) is 5.43 Å². The Balaban J connectivity index is 1.65. The maximum absolute atomic E-state index is 12.3. The van der Waals surface area contributed by atoms with Crippen molar-refractivity contribution < 1.29 is 32.5 Å². The number of carbonyl (C=O) groups is 1. The Hall–Kier alpha value is -3.36. The summed E-state index contributed by atoms with van der Waals surface area (Å²) in [4.78, 5) is 12.1. The van der Waals surface area contributed by atoms with Crippen LogP contribution in [-0.2, 0) is 0 Å². The topological polar surface area (TPSA) is 78.4 Å². The number of amides is 1. The van der Waals surface area contributed by atoms with E-state index in [4.69, 9.17) is 14.2 Å². The molecule has 0 bridgehead atoms. The molecule has 0 aromatic heterocycles. The zero-order valence-corrected chi connectivity index (χ0v) is 13.6. The first-order chi connectivity index (χ1) is 12.6. The van der Waals surface area contributed by atoms with Crippen LogP contribution in [0.5, 0.6) is 23.0 Å². The highest BCUT2D eigenvalue weighted by Gasteiger charge is 2.16. The van der Waals surface area contributed by atoms with E-state index >= 15 is 0 Å². The fraction of sp³-hybridized carbons (Fsp3) is 0.176. The fourth-order valence-electron chi connectivity index (χ4n) is 2.23. The van der Waals surface area contributed by atoms with Gasteiger partial charge in [-0.15, -0.1) is 0 Å². The van der Waals surface area contributed by atoms with Crippen molar-refractivity contribution >= 4 is 12.1 Å². The van der Waals surface area contributed by atoms with Crippen LogP contribution in [0.2, 0.25) is 0 Å². The fourth-order valence-corrected chi connectivity index (χ4v) is 2.23. The standard InChI is InChI=1S/C17H14F2N2O5/c1-23-14-6-10(2-4-13(14)26-17(18)19)8-20-21-16(22)11-3-5-12-15(7-11)25-9-24-12/h2-8,17H,9H2,1H3,(H,21,22)/b20-8+. The Morgan fingerprint density at radius 1 is 1.19 bits per heavy atom. The molecule has 3 rings (SSSR count). The highest BCUT2D eigenvalue weighted by Crippen LogP contribution is 2.32. The Morgan fingerprint density at radius 2 is 2.00 bits per heavy atom. The van der Waals surface area contributed by atoms with Gasteiger partial charge in [0, 0.05) is 5.56 Å². The lowest BCUT2D eigenvalue weighted by molar-refractivity contribution is -0.0512. The summed E-state index contributed by atoms with van der Waals surface area (Å²) in [5, 5.41) is 3.84. The highest BCUT2D eigenvalue weighted by molar-refractivity contribution is 5.95. The molecule has 0 atom stereocenters. The molecule has 2 aromatic rings. The Labute approximate surface area is 147 Å². The lowest BCUT2D eigenvalue weighted by atomic mass is 10.2. The van der Waals surface area contributed by atoms with E-state index in [9.17, 15) is 13.6 Å². The molecule has 1 aliphatic heterocycles. The largest absolute Gasteiger partial charge is 0.493 e. The maximum Gasteiger partial charge on any atom is 0.387 e. The first-order valence-electron chi connectivity index (χ1n) is 7.42. The molecule has 0 fully saturated rings. The average molecular weight is 364 g/mol. The molecule has 0 aliphatic carbocycles. The second kappa shape index (κ2) is 7.68. The number of fused-ring (bicyclic) bond motifs is 1. The van der Waals surface area contributed by atoms with Gasteiger partial charge in [0.2, 0.25) is 6.79 Å². The van der Waals surface area contributed by atoms with Gasteiger partial charge in [-0.25, -0.2) is 5.43 Å². The molecule has 1 aliphatic rings. The smallest absolute Gasteiger partial charge is 0.387 e. The molecule has 1 amide bonds. The molecule has 26 heavy (non-hydrogen) atoms. The van der Waals surface area contributed by atoms with Gasteiger partial charge >= 0.3 is 6.61 Å². The van der Waals surface area contributed by atoms with E-state index in [0.29, 0.717) is 22.6 Å². The predicted molar refractivity (Wildman–Crippen MR) is 87.3 cm³/mol. The molecule has 136 valence electrons. The van der Waals surface area contributed by atoms with Crippen molar-refractivity contribution in [2.75, 3.05) is 13.9 Å². The molecular weight excluding hydrogens is 350 g/mol. The zero-order valence-electron chi connectivity index (χ0n) is 13.6. The molecule has 9 heteroatoms. The lowest BCUT2D eigenvalue weighted by Crippen LogP contribution is -2.17. The molecule has 1 heterocycles. The molecule has 0 saturated carbocycles. The van der Waals surface area contributed by atoms with Crippen LogP contribution in [0.4, 0.5) is 8.78 Å². The monoisotopic (exact) mass is 364 g/mol. The molecular formula is C17H14F2N2O5. The third-order valence-electron chi connectivity index (χ3n) is 3.42. The van der Waals surface area contributed by atoms with Gasteiger partial charge in [-0.2, -0.15) is 13.9 Å². The van der Waals surface area contributed by atoms with Crippen LogP contribution in [0.25, 0.3) is 0 Å². The zero-order chi connectivity index (χ0) is 18.5. The Morgan fingerprint density at radius 3 is 2.77 bits per heavy atom. The third-order valence-corrected chi connectivity index (χ3v) is 3.42. The van der Waals surface area contributed by atoms with E-state index in [0.717, 1.165) is 0 Å². The molecule has 1 N–H and O–H groups in total. The SMILES string of the molecule is COc1cc(/C=N/NC(=O)c2ccc3c(c2)OCO3)ccc1OC(F)F. The van der Waals surface area contributed by atoms with E-state index in [1.165, 1.54) is 31.5 Å². The number of alkyl halides is 2. The van der Waals surface area contributed by atoms with Gasteiger partial charge in [0.15, 0.2) is 23.0 Å². The van der Waals surface area contributed by atoms with Crippen molar-refractivity contribution in [3.05, 3.63) is 47.5 Å². The summed E-state index contributed by atoms with van der Waals surface area (Å²) in [6.07, 6.45) is 1.35. The molecule has 0 radical (unpaired) electrons. The van der Waals surface area contributed by atoms with Crippen LogP contribution in [-0.4, -0.2) is 32.6 Å². The lowest BCUT2D eigenvalue weighted by Gasteiger charge is -2.09. The second-order valence-corrected chi connectivity index (χ2v) is 5.06. The van der Waals surface area contributed by atoms with Crippen molar-refractivity contribution in [1.29, 1.82) is 0 Å². The minimum absolute atomic E-state index is 0.0935. The normalized spacial score (nSPS) is 12.5. The number of hydrazone groups is 1.